The summed E-state index contributed by atoms with van der Waals surface area (Å²) in [5.74, 6) is 6.49. The topological polar surface area (TPSA) is 60.9 Å². The van der Waals surface area contributed by atoms with Crippen molar-refractivity contribution < 1.29 is 0 Å². The average molecular weight is 315 g/mol. The van der Waals surface area contributed by atoms with Crippen molar-refractivity contribution in [2.24, 2.45) is 0 Å². The lowest BCUT2D eigenvalue weighted by Gasteiger charge is -2.04. The Morgan fingerprint density at radius 2 is 2.14 bits per heavy atom. The van der Waals surface area contributed by atoms with E-state index in [1.807, 2.05) is 36.4 Å². The van der Waals surface area contributed by atoms with Crippen LogP contribution in [-0.2, 0) is 0 Å². The highest BCUT2D eigenvalue weighted by atomic mass is 32.2. The number of fused-ring (bicyclic) bond motifs is 1. The van der Waals surface area contributed by atoms with Crippen LogP contribution in [0.3, 0.4) is 0 Å². The molecule has 4 nitrogen and oxygen atoms in total. The van der Waals surface area contributed by atoms with Crippen molar-refractivity contribution in [1.82, 2.24) is 9.66 Å². The molecule has 106 valence electrons. The monoisotopic (exact) mass is 315 g/mol. The number of hydrogen-bond donors (Lipinski definition) is 1. The van der Waals surface area contributed by atoms with Crippen LogP contribution in [0.25, 0.3) is 20.7 Å². The molecule has 0 bridgehead atoms. The van der Waals surface area contributed by atoms with E-state index in [2.05, 4.69) is 11.6 Å². The van der Waals surface area contributed by atoms with Crippen molar-refractivity contribution in [3.63, 3.8) is 0 Å². The molecule has 0 spiro atoms. The molecule has 0 fully saturated rings. The van der Waals surface area contributed by atoms with E-state index in [9.17, 15) is 4.79 Å². The molecule has 3 rings (SSSR count). The van der Waals surface area contributed by atoms with Crippen LogP contribution in [0, 0.1) is 0 Å². The Morgan fingerprint density at radius 3 is 2.86 bits per heavy atom. The molecule has 3 aromatic rings. The number of benzene rings is 1. The highest BCUT2D eigenvalue weighted by Crippen LogP contribution is 2.31. The second-order valence-electron chi connectivity index (χ2n) is 4.36. The van der Waals surface area contributed by atoms with E-state index in [1.54, 1.807) is 6.08 Å². The predicted octanol–water partition coefficient (Wildman–Crippen LogP) is 3.12. The minimum atomic E-state index is -0.209. The Morgan fingerprint density at radius 1 is 1.38 bits per heavy atom. The summed E-state index contributed by atoms with van der Waals surface area (Å²) in [6, 6.07) is 11.9. The second-order valence-corrected chi connectivity index (χ2v) is 6.40. The molecule has 2 N–H and O–H groups in total. The second kappa shape index (κ2) is 5.75. The number of thioether (sulfide) groups is 1. The van der Waals surface area contributed by atoms with E-state index in [-0.39, 0.29) is 5.56 Å². The van der Waals surface area contributed by atoms with E-state index in [0.717, 1.165) is 15.1 Å². The summed E-state index contributed by atoms with van der Waals surface area (Å²) in [6.45, 7) is 3.66. The molecule has 0 saturated heterocycles. The Balaban J connectivity index is 2.15. The molecule has 0 amide bonds. The van der Waals surface area contributed by atoms with Crippen LogP contribution in [0.2, 0.25) is 0 Å². The molecular formula is C15H13N3OS2. The van der Waals surface area contributed by atoms with Crippen molar-refractivity contribution in [3.8, 4) is 10.4 Å². The van der Waals surface area contributed by atoms with Gasteiger partial charge in [0.1, 0.15) is 4.70 Å². The molecule has 0 unspecified atom stereocenters. The van der Waals surface area contributed by atoms with E-state index >= 15 is 0 Å². The van der Waals surface area contributed by atoms with Gasteiger partial charge in [-0.05, 0) is 11.6 Å². The lowest BCUT2D eigenvalue weighted by molar-refractivity contribution is 0.782. The van der Waals surface area contributed by atoms with Gasteiger partial charge in [-0.15, -0.1) is 17.9 Å². The zero-order valence-electron chi connectivity index (χ0n) is 11.2. The number of nitrogens with two attached hydrogens (primary N) is 1. The summed E-state index contributed by atoms with van der Waals surface area (Å²) < 4.78 is 1.70. The Hall–Kier alpha value is -2.05. The van der Waals surface area contributed by atoms with Crippen molar-refractivity contribution in [3.05, 3.63) is 59.4 Å². The Bertz CT molecular complexity index is 852. The SMILES string of the molecule is C=CCSc1nc2cc(-c3ccccc3)sc2c(=O)n1N. The molecule has 6 heteroatoms. The first-order valence-electron chi connectivity index (χ1n) is 6.31. The number of aromatic nitrogens is 2. The Kier molecular flexibility index (Phi) is 3.81. The van der Waals surface area contributed by atoms with Crippen molar-refractivity contribution in [2.75, 3.05) is 11.6 Å². The quantitative estimate of drug-likeness (QED) is 0.348. The molecule has 0 atom stereocenters. The summed E-state index contributed by atoms with van der Waals surface area (Å²) >= 11 is 2.81. The zero-order chi connectivity index (χ0) is 14.8. The molecule has 0 saturated carbocycles. The molecule has 21 heavy (non-hydrogen) atoms. The van der Waals surface area contributed by atoms with E-state index in [0.29, 0.717) is 21.1 Å². The van der Waals surface area contributed by atoms with Gasteiger partial charge in [0.05, 0.1) is 5.52 Å². The van der Waals surface area contributed by atoms with Crippen molar-refractivity contribution >= 4 is 33.3 Å². The molecule has 0 aliphatic rings. The summed E-state index contributed by atoms with van der Waals surface area (Å²) in [6.07, 6.45) is 1.75. The molecule has 2 aromatic heterocycles. The van der Waals surface area contributed by atoms with Gasteiger partial charge in [-0.2, -0.15) is 0 Å². The Labute approximate surface area is 129 Å². The predicted molar refractivity (Wildman–Crippen MR) is 90.4 cm³/mol. The normalized spacial score (nSPS) is 10.9. The fourth-order valence-corrected chi connectivity index (χ4v) is 3.64. The standard InChI is InChI=1S/C15H13N3OS2/c1-2-8-20-15-17-11-9-12(10-6-4-3-5-7-10)21-13(11)14(19)18(15)16/h2-7,9H,1,8,16H2. The van der Waals surface area contributed by atoms with Crippen LogP contribution in [0.4, 0.5) is 0 Å². The van der Waals surface area contributed by atoms with Crippen LogP contribution in [0.15, 0.2) is 59.0 Å². The van der Waals surface area contributed by atoms with Crippen molar-refractivity contribution in [2.45, 2.75) is 5.16 Å². The molecule has 2 heterocycles. The molecule has 0 aliphatic carbocycles. The molecule has 1 aromatic carbocycles. The summed E-state index contributed by atoms with van der Waals surface area (Å²) in [5, 5.41) is 0.504. The van der Waals surface area contributed by atoms with Gasteiger partial charge in [-0.25, -0.2) is 9.66 Å². The maximum absolute atomic E-state index is 12.3. The van der Waals surface area contributed by atoms with E-state index in [1.165, 1.54) is 23.1 Å². The number of hydrogen-bond acceptors (Lipinski definition) is 5. The summed E-state index contributed by atoms with van der Waals surface area (Å²) in [4.78, 5) is 17.8. The van der Waals surface area contributed by atoms with Gasteiger partial charge < -0.3 is 5.84 Å². The van der Waals surface area contributed by atoms with Gasteiger partial charge in [0.15, 0.2) is 5.16 Å². The maximum Gasteiger partial charge on any atom is 0.290 e. The van der Waals surface area contributed by atoms with Gasteiger partial charge in [0.25, 0.3) is 5.56 Å². The van der Waals surface area contributed by atoms with Gasteiger partial charge in [-0.3, -0.25) is 4.79 Å². The number of rotatable bonds is 4. The fourth-order valence-electron chi connectivity index (χ4n) is 1.95. The first-order chi connectivity index (χ1) is 10.2. The molecule has 0 aliphatic heterocycles. The third kappa shape index (κ3) is 2.59. The van der Waals surface area contributed by atoms with Gasteiger partial charge >= 0.3 is 0 Å². The smallest absolute Gasteiger partial charge is 0.290 e. The summed E-state index contributed by atoms with van der Waals surface area (Å²) in [7, 11) is 0. The van der Waals surface area contributed by atoms with Gasteiger partial charge in [-0.1, -0.05) is 48.2 Å². The first kappa shape index (κ1) is 13.9. The minimum absolute atomic E-state index is 0.209. The lowest BCUT2D eigenvalue weighted by Crippen LogP contribution is -2.29. The van der Waals surface area contributed by atoms with Crippen molar-refractivity contribution in [1.29, 1.82) is 0 Å². The van der Waals surface area contributed by atoms with Gasteiger partial charge in [0.2, 0.25) is 0 Å². The number of thiophene rings is 1. The van der Waals surface area contributed by atoms with E-state index in [4.69, 9.17) is 5.84 Å². The molecular weight excluding hydrogens is 302 g/mol. The fraction of sp³-hybridized carbons (Fsp3) is 0.0667. The highest BCUT2D eigenvalue weighted by molar-refractivity contribution is 7.99. The van der Waals surface area contributed by atoms with E-state index < -0.39 is 0 Å². The third-order valence-corrected chi connectivity index (χ3v) is 5.05. The number of nitrogen functional groups attached to an aromatic ring is 1. The van der Waals surface area contributed by atoms with Gasteiger partial charge in [0, 0.05) is 10.6 Å². The average Bonchev–Trinajstić information content (AvgIpc) is 2.94. The van der Waals surface area contributed by atoms with Crippen LogP contribution in [0.1, 0.15) is 0 Å². The first-order valence-corrected chi connectivity index (χ1v) is 8.11. The highest BCUT2D eigenvalue weighted by Gasteiger charge is 2.13. The van der Waals surface area contributed by atoms with Crippen LogP contribution < -0.4 is 11.4 Å². The summed E-state index contributed by atoms with van der Waals surface area (Å²) in [5.41, 5.74) is 1.56. The third-order valence-electron chi connectivity index (χ3n) is 2.94. The zero-order valence-corrected chi connectivity index (χ0v) is 12.8. The maximum atomic E-state index is 12.3. The van der Waals surface area contributed by atoms with Crippen LogP contribution in [0.5, 0.6) is 0 Å². The minimum Gasteiger partial charge on any atom is -0.334 e. The van der Waals surface area contributed by atoms with Crippen LogP contribution in [-0.4, -0.2) is 15.4 Å². The number of nitrogens with zero attached hydrogens (tertiary/aromatic N) is 2. The largest absolute Gasteiger partial charge is 0.334 e. The van der Waals surface area contributed by atoms with Crippen LogP contribution >= 0.6 is 23.1 Å². The molecule has 0 radical (unpaired) electrons. The lowest BCUT2D eigenvalue weighted by atomic mass is 10.2.